The number of piperidine rings is 1. The molecule has 68 heavy (non-hydrogen) atoms. The third-order valence-corrected chi connectivity index (χ3v) is 14.5. The molecule has 0 radical (unpaired) electrons. The standard InChI is InChI=1S/C54H68N6O8/c1-8-46(62)57-24-21-54(32-57)20-13-22-59(52(54)66)47(34(3)4)49(63)55-44-28-35-26-38(29-39(61)27-35)37-17-18-45-41(30-37)42(48(58(45)9-2)40-15-11-10-14-36(40)19-25-67-7)31-53(5,6)33-68-51(65)43-16-12-23-60(56-43)50(44)64/h8,10-11,14-15,17-18,26-27,29-30,34,43-44,47,56,61H,1,9,12-13,16,19-25,28,31-33H2,2-7H3,(H,55,63)/t43-,44-,47?,54+/m0/s1. The average molecular weight is 929 g/mol. The molecule has 1 spiro atoms. The highest BCUT2D eigenvalue weighted by molar-refractivity contribution is 5.97. The third-order valence-electron chi connectivity index (χ3n) is 14.5. The van der Waals surface area contributed by atoms with Gasteiger partial charge in [-0.15, -0.1) is 0 Å². The fraction of sp³-hybridized carbons (Fsp3) is 0.500. The second kappa shape index (κ2) is 19.9. The molecule has 4 aliphatic rings. The van der Waals surface area contributed by atoms with Crippen LogP contribution < -0.4 is 10.7 Å². The van der Waals surface area contributed by atoms with Gasteiger partial charge in [-0.3, -0.25) is 29.0 Å². The highest BCUT2D eigenvalue weighted by atomic mass is 16.5. The minimum atomic E-state index is -1.15. The van der Waals surface area contributed by atoms with Crippen LogP contribution in [0.1, 0.15) is 83.4 Å². The van der Waals surface area contributed by atoms with E-state index in [1.807, 2.05) is 19.9 Å². The molecular weight excluding hydrogens is 861 g/mol. The van der Waals surface area contributed by atoms with Crippen LogP contribution in [-0.4, -0.2) is 119 Å². The fourth-order valence-corrected chi connectivity index (χ4v) is 11.2. The second-order valence-corrected chi connectivity index (χ2v) is 20.4. The van der Waals surface area contributed by atoms with Gasteiger partial charge in [0.1, 0.15) is 23.9 Å². The number of aryl methyl sites for hydroxylation is 1. The Labute approximate surface area is 400 Å². The first kappa shape index (κ1) is 48.5. The maximum Gasteiger partial charge on any atom is 0.324 e. The van der Waals surface area contributed by atoms with Crippen molar-refractivity contribution in [2.24, 2.45) is 16.7 Å². The molecule has 3 aromatic carbocycles. The fourth-order valence-electron chi connectivity index (χ4n) is 11.2. The molecular formula is C54H68N6O8. The Bertz CT molecular complexity index is 2600. The zero-order chi connectivity index (χ0) is 48.5. The molecule has 3 N–H and O–H groups in total. The lowest BCUT2D eigenvalue weighted by Crippen LogP contribution is -2.63. The number of carbonyl (C=O) groups excluding carboxylic acids is 5. The van der Waals surface area contributed by atoms with E-state index in [-0.39, 0.29) is 49.6 Å². The van der Waals surface area contributed by atoms with Gasteiger partial charge >= 0.3 is 5.97 Å². The van der Waals surface area contributed by atoms with E-state index in [4.69, 9.17) is 9.47 Å². The summed E-state index contributed by atoms with van der Waals surface area (Å²) in [5.41, 5.74) is 9.63. The number of cyclic esters (lactones) is 1. The summed E-state index contributed by atoms with van der Waals surface area (Å²) < 4.78 is 14.0. The van der Waals surface area contributed by atoms with Gasteiger partial charge in [0.15, 0.2) is 0 Å². The van der Waals surface area contributed by atoms with Crippen molar-refractivity contribution in [2.45, 2.75) is 111 Å². The van der Waals surface area contributed by atoms with E-state index in [0.717, 1.165) is 45.3 Å². The SMILES string of the molecule is C=CC(=O)N1CC[C@]2(CCCN(C(C(=O)N[C@H]3Cc4cc(O)cc(c4)-c4ccc5c(c4)c(c(-c4ccccc4CCOC)n5CC)CC(C)(C)COC(=O)[C@@H]4CCCN(N4)C3=O)C(C)C)C2=O)C1. The summed E-state index contributed by atoms with van der Waals surface area (Å²) in [6.07, 6.45) is 5.35. The van der Waals surface area contributed by atoms with E-state index in [2.05, 4.69) is 85.1 Å². The lowest BCUT2D eigenvalue weighted by molar-refractivity contribution is -0.156. The summed E-state index contributed by atoms with van der Waals surface area (Å²) in [6.45, 7) is 16.5. The van der Waals surface area contributed by atoms with Crippen molar-refractivity contribution in [1.82, 2.24) is 30.1 Å². The summed E-state index contributed by atoms with van der Waals surface area (Å²) in [6, 6.07) is 17.2. The van der Waals surface area contributed by atoms with Gasteiger partial charge in [-0.1, -0.05) is 70.7 Å². The molecule has 14 heteroatoms. The Kier molecular flexibility index (Phi) is 14.2. The summed E-state index contributed by atoms with van der Waals surface area (Å²) >= 11 is 0. The molecule has 4 amide bonds. The van der Waals surface area contributed by atoms with Crippen molar-refractivity contribution in [3.8, 4) is 28.1 Å². The number of phenolic OH excluding ortho intramolecular Hbond substituents is 1. The van der Waals surface area contributed by atoms with Crippen molar-refractivity contribution in [3.05, 3.63) is 90.0 Å². The number of phenols is 1. The quantitative estimate of drug-likeness (QED) is 0.118. The molecule has 3 fully saturated rings. The number of carbonyl (C=O) groups is 5. The molecule has 4 aliphatic heterocycles. The summed E-state index contributed by atoms with van der Waals surface area (Å²) in [5.74, 6) is -2.08. The van der Waals surface area contributed by atoms with E-state index in [0.29, 0.717) is 70.3 Å². The normalized spacial score (nSPS) is 22.6. The first-order valence-electron chi connectivity index (χ1n) is 24.4. The maximum atomic E-state index is 14.8. The van der Waals surface area contributed by atoms with Gasteiger partial charge in [0.05, 0.1) is 24.3 Å². The number of fused-ring (bicyclic) bond motifs is 6. The molecule has 0 aliphatic carbocycles. The number of amides is 4. The zero-order valence-corrected chi connectivity index (χ0v) is 40.6. The van der Waals surface area contributed by atoms with Gasteiger partial charge in [-0.2, -0.15) is 0 Å². The summed E-state index contributed by atoms with van der Waals surface area (Å²) in [5, 5.41) is 16.9. The van der Waals surface area contributed by atoms with Crippen molar-refractivity contribution in [2.75, 3.05) is 46.5 Å². The number of aromatic hydroxyl groups is 1. The van der Waals surface area contributed by atoms with Crippen LogP contribution in [0.4, 0.5) is 0 Å². The minimum Gasteiger partial charge on any atom is -0.508 e. The number of nitrogens with zero attached hydrogens (tertiary/aromatic N) is 4. The number of hydrogen-bond acceptors (Lipinski definition) is 9. The molecule has 1 aromatic heterocycles. The first-order chi connectivity index (χ1) is 32.6. The first-order valence-corrected chi connectivity index (χ1v) is 24.4. The molecule has 8 rings (SSSR count). The predicted molar refractivity (Wildman–Crippen MR) is 261 cm³/mol. The van der Waals surface area contributed by atoms with E-state index in [1.54, 1.807) is 29.0 Å². The number of ether oxygens (including phenoxy) is 2. The van der Waals surface area contributed by atoms with Crippen LogP contribution in [0.25, 0.3) is 33.3 Å². The van der Waals surface area contributed by atoms with Crippen molar-refractivity contribution >= 4 is 40.5 Å². The minimum absolute atomic E-state index is 0.00786. The van der Waals surface area contributed by atoms with E-state index in [1.165, 1.54) is 16.6 Å². The van der Waals surface area contributed by atoms with Gasteiger partial charge in [-0.05, 0) is 116 Å². The van der Waals surface area contributed by atoms with Crippen LogP contribution in [0.5, 0.6) is 5.75 Å². The zero-order valence-electron chi connectivity index (χ0n) is 40.6. The summed E-state index contributed by atoms with van der Waals surface area (Å²) in [7, 11) is 1.71. The highest BCUT2D eigenvalue weighted by Crippen LogP contribution is 2.43. The van der Waals surface area contributed by atoms with Crippen molar-refractivity contribution in [1.29, 1.82) is 0 Å². The average Bonchev–Trinajstić information content (AvgIpc) is 3.89. The number of benzene rings is 3. The monoisotopic (exact) mass is 929 g/mol. The van der Waals surface area contributed by atoms with Crippen LogP contribution >= 0.6 is 0 Å². The number of esters is 1. The van der Waals surface area contributed by atoms with E-state index >= 15 is 0 Å². The maximum absolute atomic E-state index is 14.8. The number of hydrazine groups is 1. The van der Waals surface area contributed by atoms with Gasteiger partial charge in [0, 0.05) is 68.1 Å². The smallest absolute Gasteiger partial charge is 0.324 e. The third kappa shape index (κ3) is 9.67. The molecule has 6 bridgehead atoms. The molecule has 4 atom stereocenters. The molecule has 362 valence electrons. The molecule has 3 saturated heterocycles. The topological polar surface area (TPSA) is 163 Å². The van der Waals surface area contributed by atoms with Crippen LogP contribution in [0.2, 0.25) is 0 Å². The van der Waals surface area contributed by atoms with Crippen LogP contribution in [0.3, 0.4) is 0 Å². The Morgan fingerprint density at radius 3 is 2.56 bits per heavy atom. The van der Waals surface area contributed by atoms with E-state index < -0.39 is 46.7 Å². The molecule has 0 saturated carbocycles. The highest BCUT2D eigenvalue weighted by Gasteiger charge is 2.52. The Hall–Kier alpha value is -5.99. The number of nitrogens with one attached hydrogen (secondary N) is 2. The molecule has 1 unspecified atom stereocenters. The molecule has 5 heterocycles. The molecule has 14 nitrogen and oxygen atoms in total. The largest absolute Gasteiger partial charge is 0.508 e. The van der Waals surface area contributed by atoms with Crippen molar-refractivity contribution in [3.63, 3.8) is 0 Å². The lowest BCUT2D eigenvalue weighted by Gasteiger charge is -2.44. The number of hydrogen-bond donors (Lipinski definition) is 3. The predicted octanol–water partition coefficient (Wildman–Crippen LogP) is 6.59. The number of methoxy groups -OCH3 is 1. The second-order valence-electron chi connectivity index (χ2n) is 20.4. The number of rotatable bonds is 10. The number of aromatic nitrogens is 1. The lowest BCUT2D eigenvalue weighted by atomic mass is 9.77. The van der Waals surface area contributed by atoms with Gasteiger partial charge in [-0.25, -0.2) is 5.43 Å². The Balaban J connectivity index is 1.20. The summed E-state index contributed by atoms with van der Waals surface area (Å²) in [4.78, 5) is 74.0. The van der Waals surface area contributed by atoms with Crippen LogP contribution in [0.15, 0.2) is 73.3 Å². The molecule has 4 aromatic rings. The van der Waals surface area contributed by atoms with Gasteiger partial charge in [0.25, 0.3) is 5.91 Å². The number of likely N-dealkylation sites (tertiary alicyclic amines) is 2. The van der Waals surface area contributed by atoms with Gasteiger partial charge < -0.3 is 34.3 Å². The van der Waals surface area contributed by atoms with Crippen LogP contribution in [-0.2, 0) is 59.3 Å². The van der Waals surface area contributed by atoms with Crippen molar-refractivity contribution < 1.29 is 38.6 Å². The van der Waals surface area contributed by atoms with Gasteiger partial charge in [0.2, 0.25) is 17.7 Å². The Morgan fingerprint density at radius 2 is 1.81 bits per heavy atom. The Morgan fingerprint density at radius 1 is 1.01 bits per heavy atom. The van der Waals surface area contributed by atoms with E-state index in [9.17, 15) is 29.1 Å². The van der Waals surface area contributed by atoms with Crippen LogP contribution in [0, 0.1) is 16.7 Å².